The maximum absolute atomic E-state index is 13.5. The lowest BCUT2D eigenvalue weighted by atomic mass is 9.91. The van der Waals surface area contributed by atoms with Crippen LogP contribution < -0.4 is 0 Å². The largest absolute Gasteiger partial charge is 0.379 e. The molecule has 4 aromatic rings. The molecule has 1 saturated heterocycles. The Bertz CT molecular complexity index is 1600. The van der Waals surface area contributed by atoms with Crippen molar-refractivity contribution in [3.63, 3.8) is 0 Å². The smallest absolute Gasteiger partial charge is 0.254 e. The van der Waals surface area contributed by atoms with Crippen molar-refractivity contribution < 1.29 is 9.90 Å². The standard InChI is InChI=1S/C29H28N6O2/c1-33-14-29(37,15-33)28-30-12-18(13-31-28)17-8-9-21-22(10-17)35-23-11-24(26(35)32-21)34(2)27(36)20-5-3-4-19(25(20)23)16-6-7-16/h3-5,8-10,12-13,16,23-24,37H,6-7,11,14-15H2,1-2H3/t23-,24+/m1/s1. The average Bonchev–Trinajstić information content (AvgIpc) is 3.60. The fourth-order valence-corrected chi connectivity index (χ4v) is 6.78. The van der Waals surface area contributed by atoms with Crippen molar-refractivity contribution in [1.82, 2.24) is 29.3 Å². The molecule has 2 aromatic heterocycles. The number of aromatic nitrogens is 4. The third kappa shape index (κ3) is 2.97. The Hall–Kier alpha value is -3.62. The van der Waals surface area contributed by atoms with E-state index >= 15 is 0 Å². The number of imidazole rings is 1. The number of carbonyl (C=O) groups excluding carboxylic acids is 1. The Morgan fingerprint density at radius 3 is 2.51 bits per heavy atom. The van der Waals surface area contributed by atoms with Crippen LogP contribution in [0.25, 0.3) is 22.2 Å². The van der Waals surface area contributed by atoms with Gasteiger partial charge in [0.1, 0.15) is 11.4 Å². The topological polar surface area (TPSA) is 87.4 Å². The van der Waals surface area contributed by atoms with Gasteiger partial charge in [-0.15, -0.1) is 0 Å². The summed E-state index contributed by atoms with van der Waals surface area (Å²) in [5, 5.41) is 10.7. The Kier molecular flexibility index (Phi) is 4.20. The summed E-state index contributed by atoms with van der Waals surface area (Å²) < 4.78 is 2.37. The van der Waals surface area contributed by atoms with Gasteiger partial charge in [-0.05, 0) is 60.7 Å². The zero-order chi connectivity index (χ0) is 25.1. The number of benzene rings is 2. The van der Waals surface area contributed by atoms with Crippen molar-refractivity contribution >= 4 is 16.9 Å². The van der Waals surface area contributed by atoms with Crippen LogP contribution in [0.3, 0.4) is 0 Å². The highest BCUT2D eigenvalue weighted by molar-refractivity contribution is 5.97. The number of rotatable bonds is 3. The highest BCUT2D eigenvalue weighted by atomic mass is 16.3. The van der Waals surface area contributed by atoms with Crippen molar-refractivity contribution in [2.24, 2.45) is 0 Å². The molecule has 37 heavy (non-hydrogen) atoms. The van der Waals surface area contributed by atoms with Crippen LogP contribution in [0, 0.1) is 0 Å². The lowest BCUT2D eigenvalue weighted by Crippen LogP contribution is -2.58. The van der Waals surface area contributed by atoms with Gasteiger partial charge in [0.15, 0.2) is 5.82 Å². The van der Waals surface area contributed by atoms with E-state index in [0.717, 1.165) is 40.0 Å². The van der Waals surface area contributed by atoms with Gasteiger partial charge < -0.3 is 14.6 Å². The van der Waals surface area contributed by atoms with Crippen LogP contribution in [-0.2, 0) is 5.60 Å². The second-order valence-corrected chi connectivity index (χ2v) is 11.3. The Morgan fingerprint density at radius 1 is 1.00 bits per heavy atom. The monoisotopic (exact) mass is 492 g/mol. The van der Waals surface area contributed by atoms with Crippen LogP contribution in [0.2, 0.25) is 0 Å². The molecule has 3 aliphatic heterocycles. The van der Waals surface area contributed by atoms with Crippen molar-refractivity contribution in [3.05, 3.63) is 77.1 Å². The number of carbonyl (C=O) groups is 1. The van der Waals surface area contributed by atoms with Crippen LogP contribution in [0.15, 0.2) is 48.8 Å². The van der Waals surface area contributed by atoms with E-state index in [-0.39, 0.29) is 18.0 Å². The lowest BCUT2D eigenvalue weighted by molar-refractivity contribution is -0.0981. The minimum absolute atomic E-state index is 0.0447. The van der Waals surface area contributed by atoms with E-state index in [9.17, 15) is 9.90 Å². The summed E-state index contributed by atoms with van der Waals surface area (Å²) in [6, 6.07) is 12.6. The van der Waals surface area contributed by atoms with Crippen LogP contribution >= 0.6 is 0 Å². The Balaban J connectivity index is 1.25. The van der Waals surface area contributed by atoms with Crippen LogP contribution in [0.1, 0.15) is 70.4 Å². The first-order valence-electron chi connectivity index (χ1n) is 13.1. The first-order chi connectivity index (χ1) is 17.9. The molecule has 2 aromatic carbocycles. The van der Waals surface area contributed by atoms with Gasteiger partial charge in [0.25, 0.3) is 5.91 Å². The Labute approximate surface area is 214 Å². The predicted molar refractivity (Wildman–Crippen MR) is 138 cm³/mol. The zero-order valence-electron chi connectivity index (χ0n) is 20.9. The molecular weight excluding hydrogens is 464 g/mol. The number of hydrogen-bond acceptors (Lipinski definition) is 6. The molecule has 4 aliphatic rings. The summed E-state index contributed by atoms with van der Waals surface area (Å²) in [6.07, 6.45) is 6.85. The molecule has 0 unspecified atom stereocenters. The second kappa shape index (κ2) is 7.24. The summed E-state index contributed by atoms with van der Waals surface area (Å²) >= 11 is 0. The predicted octanol–water partition coefficient (Wildman–Crippen LogP) is 3.62. The van der Waals surface area contributed by atoms with Gasteiger partial charge in [-0.2, -0.15) is 0 Å². The number of likely N-dealkylation sites (N-methyl/N-ethyl adjacent to an activating group) is 1. The highest BCUT2D eigenvalue weighted by Crippen LogP contribution is 2.52. The van der Waals surface area contributed by atoms with E-state index in [1.54, 1.807) is 12.4 Å². The molecule has 186 valence electrons. The van der Waals surface area contributed by atoms with E-state index < -0.39 is 5.60 Å². The maximum atomic E-state index is 13.5. The van der Waals surface area contributed by atoms with E-state index in [4.69, 9.17) is 4.98 Å². The Morgan fingerprint density at radius 2 is 1.78 bits per heavy atom. The lowest BCUT2D eigenvalue weighted by Gasteiger charge is -2.42. The van der Waals surface area contributed by atoms with Crippen molar-refractivity contribution in [2.75, 3.05) is 27.2 Å². The van der Waals surface area contributed by atoms with Gasteiger partial charge in [-0.3, -0.25) is 9.69 Å². The van der Waals surface area contributed by atoms with Gasteiger partial charge in [-0.25, -0.2) is 15.0 Å². The molecule has 0 radical (unpaired) electrons. The third-order valence-corrected chi connectivity index (χ3v) is 8.75. The summed E-state index contributed by atoms with van der Waals surface area (Å²) in [6.45, 7) is 1.09. The van der Waals surface area contributed by atoms with Crippen LogP contribution in [-0.4, -0.2) is 67.5 Å². The maximum Gasteiger partial charge on any atom is 0.254 e. The van der Waals surface area contributed by atoms with E-state index in [1.165, 1.54) is 24.0 Å². The third-order valence-electron chi connectivity index (χ3n) is 8.75. The number of likely N-dealkylation sites (tertiary alicyclic amines) is 1. The van der Waals surface area contributed by atoms with Gasteiger partial charge in [-0.1, -0.05) is 18.2 Å². The molecule has 5 heterocycles. The van der Waals surface area contributed by atoms with Gasteiger partial charge in [0.2, 0.25) is 0 Å². The van der Waals surface area contributed by atoms with E-state index in [2.05, 4.69) is 38.8 Å². The summed E-state index contributed by atoms with van der Waals surface area (Å²) in [5.74, 6) is 2.09. The zero-order valence-corrected chi connectivity index (χ0v) is 20.9. The fourth-order valence-electron chi connectivity index (χ4n) is 6.78. The number of hydrogen-bond donors (Lipinski definition) is 1. The van der Waals surface area contributed by atoms with Gasteiger partial charge >= 0.3 is 0 Å². The SMILES string of the molecule is CN1CC(O)(c2ncc(-c3ccc4nc5n(c4c3)[C@@H]3C[C@@H]5N(C)C(=O)c4cccc(C5CC5)c43)cn2)C1. The molecule has 1 aliphatic carbocycles. The summed E-state index contributed by atoms with van der Waals surface area (Å²) in [4.78, 5) is 31.5. The molecule has 8 heteroatoms. The molecular formula is C29H28N6O2. The first-order valence-corrected chi connectivity index (χ1v) is 13.1. The number of aliphatic hydroxyl groups is 1. The van der Waals surface area contributed by atoms with Crippen LogP contribution in [0.5, 0.6) is 0 Å². The molecule has 0 spiro atoms. The average molecular weight is 493 g/mol. The van der Waals surface area contributed by atoms with E-state index in [1.807, 2.05) is 36.0 Å². The number of β-amino-alcohol motifs (C(OH)–C–C–N with tert-alkyl or cyclic N) is 1. The first kappa shape index (κ1) is 21.5. The molecule has 1 N–H and O–H groups in total. The van der Waals surface area contributed by atoms with Crippen molar-refractivity contribution in [1.29, 1.82) is 0 Å². The fraction of sp³-hybridized carbons (Fsp3) is 0.379. The van der Waals surface area contributed by atoms with Crippen molar-refractivity contribution in [3.8, 4) is 11.1 Å². The van der Waals surface area contributed by atoms with Crippen molar-refractivity contribution in [2.45, 2.75) is 42.9 Å². The molecule has 1 saturated carbocycles. The summed E-state index contributed by atoms with van der Waals surface area (Å²) in [7, 11) is 3.88. The number of amides is 1. The summed E-state index contributed by atoms with van der Waals surface area (Å²) in [5.41, 5.74) is 6.33. The molecule has 2 atom stereocenters. The number of nitrogens with zero attached hydrogens (tertiary/aromatic N) is 6. The van der Waals surface area contributed by atoms with E-state index in [0.29, 0.717) is 24.8 Å². The number of fused-ring (bicyclic) bond motifs is 9. The minimum atomic E-state index is -0.963. The minimum Gasteiger partial charge on any atom is -0.379 e. The highest BCUT2D eigenvalue weighted by Gasteiger charge is 2.46. The van der Waals surface area contributed by atoms with Gasteiger partial charge in [0.05, 0.1) is 23.1 Å². The van der Waals surface area contributed by atoms with Gasteiger partial charge in [0, 0.05) is 50.1 Å². The molecule has 8 nitrogen and oxygen atoms in total. The van der Waals surface area contributed by atoms with Crippen LogP contribution in [0.4, 0.5) is 0 Å². The molecule has 2 bridgehead atoms. The normalized spacial score (nSPS) is 24.1. The molecule has 2 fully saturated rings. The quantitative estimate of drug-likeness (QED) is 0.470. The molecule has 8 rings (SSSR count). The molecule has 1 amide bonds. The second-order valence-electron chi connectivity index (χ2n) is 11.3.